The van der Waals surface area contributed by atoms with Gasteiger partial charge in [0.05, 0.1) is 0 Å². The van der Waals surface area contributed by atoms with Gasteiger partial charge in [-0.15, -0.1) is 0 Å². The van der Waals surface area contributed by atoms with Gasteiger partial charge in [-0.25, -0.2) is 0 Å². The summed E-state index contributed by atoms with van der Waals surface area (Å²) in [5, 5.41) is 0. The molecule has 0 fully saturated rings. The van der Waals surface area contributed by atoms with Crippen LogP contribution in [0, 0.1) is 0 Å². The van der Waals surface area contributed by atoms with Crippen molar-refractivity contribution < 1.29 is 32.2 Å². The van der Waals surface area contributed by atoms with Crippen LogP contribution in [0.4, 0.5) is 0 Å². The van der Waals surface area contributed by atoms with Gasteiger partial charge in [0, 0.05) is 0 Å². The molecular weight excluding hydrogens is 239 g/mol. The molecule has 0 spiro atoms. The van der Waals surface area contributed by atoms with Crippen LogP contribution in [0.5, 0.6) is 0 Å². The molecule has 0 saturated carbocycles. The third-order valence-corrected chi connectivity index (χ3v) is 3.37. The van der Waals surface area contributed by atoms with E-state index >= 15 is 0 Å². The van der Waals surface area contributed by atoms with Crippen LogP contribution < -0.4 is 0 Å². The van der Waals surface area contributed by atoms with Gasteiger partial charge in [0.2, 0.25) is 0 Å². The molecule has 0 aromatic carbocycles. The van der Waals surface area contributed by atoms with Crippen LogP contribution in [0.3, 0.4) is 0 Å². The molecule has 0 aliphatic heterocycles. The van der Waals surface area contributed by atoms with E-state index < -0.39 is 14.0 Å². The van der Waals surface area contributed by atoms with E-state index in [1.165, 1.54) is 23.3 Å². The van der Waals surface area contributed by atoms with E-state index in [4.69, 9.17) is 8.85 Å². The first-order valence-electron chi connectivity index (χ1n) is 3.24. The summed E-state index contributed by atoms with van der Waals surface area (Å²) in [5.74, 6) is 0. The summed E-state index contributed by atoms with van der Waals surface area (Å²) < 4.78 is 10.9. The molecule has 0 aliphatic carbocycles. The second-order valence-electron chi connectivity index (χ2n) is 3.08. The van der Waals surface area contributed by atoms with Crippen LogP contribution in [-0.2, 0) is 32.2 Å². The molecule has 0 amide bonds. The van der Waals surface area contributed by atoms with E-state index in [0.29, 0.717) is 6.79 Å². The summed E-state index contributed by atoms with van der Waals surface area (Å²) in [7, 11) is -1.32. The van der Waals surface area contributed by atoms with E-state index in [2.05, 4.69) is 26.2 Å². The van der Waals surface area contributed by atoms with Gasteiger partial charge in [-0.05, 0) is 0 Å². The van der Waals surface area contributed by atoms with Crippen molar-refractivity contribution in [3.63, 3.8) is 0 Å². The molecule has 0 bridgehead atoms. The van der Waals surface area contributed by atoms with Gasteiger partial charge in [0.15, 0.2) is 0 Å². The molecule has 0 aromatic heterocycles. The van der Waals surface area contributed by atoms with Gasteiger partial charge in [-0.1, -0.05) is 0 Å². The first-order chi connectivity index (χ1) is 4.42. The third kappa shape index (κ3) is 9.24. The molecule has 0 heterocycles. The number of hydrogen-bond donors (Lipinski definition) is 0. The van der Waals surface area contributed by atoms with E-state index in [0.717, 1.165) is 0 Å². The van der Waals surface area contributed by atoms with Gasteiger partial charge in [0.1, 0.15) is 0 Å². The Bertz CT molecular complexity index is 121. The van der Waals surface area contributed by atoms with Gasteiger partial charge in [-0.3, -0.25) is 0 Å². The van der Waals surface area contributed by atoms with Gasteiger partial charge in [-0.2, -0.15) is 0 Å². The Balaban J connectivity index is 3.29. The van der Waals surface area contributed by atoms with Crippen molar-refractivity contribution in [1.29, 1.82) is 0 Å². The van der Waals surface area contributed by atoms with Crippen LogP contribution in [0.2, 0.25) is 26.2 Å². The van der Waals surface area contributed by atoms with Crippen molar-refractivity contribution in [1.82, 2.24) is 0 Å². The SMILES string of the molecule is C[Si](=[Zr+2])OCO[Si](C)(C)C. The molecule has 0 saturated heterocycles. The second kappa shape index (κ2) is 4.98. The van der Waals surface area contributed by atoms with Crippen LogP contribution in [0.1, 0.15) is 0 Å². The molecule has 0 N–H and O–H groups in total. The van der Waals surface area contributed by atoms with Crippen LogP contribution >= 0.6 is 0 Å². The molecule has 5 heteroatoms. The van der Waals surface area contributed by atoms with Crippen molar-refractivity contribution in [2.45, 2.75) is 26.2 Å². The topological polar surface area (TPSA) is 18.5 Å². The Hall–Kier alpha value is 1.24. The molecule has 0 unspecified atom stereocenters. The number of hydrogen-bond acceptors (Lipinski definition) is 2. The monoisotopic (exact) mass is 252 g/mol. The van der Waals surface area contributed by atoms with Gasteiger partial charge < -0.3 is 0 Å². The normalized spacial score (nSPS) is 11.8. The molecule has 0 rings (SSSR count). The zero-order chi connectivity index (χ0) is 8.20. The molecule has 0 radical (unpaired) electrons. The summed E-state index contributed by atoms with van der Waals surface area (Å²) in [6.45, 7) is 9.17. The fourth-order valence-electron chi connectivity index (χ4n) is 0.295. The molecule has 0 aromatic rings. The molecule has 2 nitrogen and oxygen atoms in total. The predicted molar refractivity (Wildman–Crippen MR) is 42.0 cm³/mol. The fraction of sp³-hybridized carbons (Fsp3) is 1.00. The minimum atomic E-state index is -1.32. The minimum absolute atomic E-state index is 0.470. The van der Waals surface area contributed by atoms with Crippen molar-refractivity contribution in [3.05, 3.63) is 0 Å². The zero-order valence-corrected chi connectivity index (χ0v) is 11.5. The van der Waals surface area contributed by atoms with Crippen molar-refractivity contribution in [2.75, 3.05) is 6.79 Å². The van der Waals surface area contributed by atoms with E-state index in [1.54, 1.807) is 0 Å². The molecule has 0 aliphatic rings. The summed E-state index contributed by atoms with van der Waals surface area (Å²) in [5.41, 5.74) is -0.470. The first kappa shape index (κ1) is 11.2. The van der Waals surface area contributed by atoms with Crippen molar-refractivity contribution in [2.24, 2.45) is 0 Å². The van der Waals surface area contributed by atoms with Gasteiger partial charge >= 0.3 is 79.2 Å². The van der Waals surface area contributed by atoms with E-state index in [1.807, 2.05) is 0 Å². The predicted octanol–water partition coefficient (Wildman–Crippen LogP) is 1.48. The Morgan fingerprint density at radius 3 is 2.20 bits per heavy atom. The van der Waals surface area contributed by atoms with Crippen molar-refractivity contribution in [3.8, 4) is 0 Å². The molecule has 56 valence electrons. The maximum atomic E-state index is 5.50. The maximum absolute atomic E-state index is 5.50. The Morgan fingerprint density at radius 2 is 1.90 bits per heavy atom. The second-order valence-corrected chi connectivity index (χ2v) is 14.2. The van der Waals surface area contributed by atoms with Gasteiger partial charge in [0.25, 0.3) is 0 Å². The Kier molecular flexibility index (Phi) is 5.60. The van der Waals surface area contributed by atoms with Crippen molar-refractivity contribution >= 4 is 14.0 Å². The van der Waals surface area contributed by atoms with E-state index in [-0.39, 0.29) is 0 Å². The molecular formula is C5H14O2Si2Zr+2. The van der Waals surface area contributed by atoms with E-state index in [9.17, 15) is 0 Å². The van der Waals surface area contributed by atoms with Crippen LogP contribution in [-0.4, -0.2) is 20.8 Å². The summed E-state index contributed by atoms with van der Waals surface area (Å²) >= 11 is 1.51. The Morgan fingerprint density at radius 1 is 1.40 bits per heavy atom. The average molecular weight is 254 g/mol. The number of rotatable bonds is 4. The zero-order valence-electron chi connectivity index (χ0n) is 7.02. The third-order valence-electron chi connectivity index (χ3n) is 0.767. The molecule has 0 atom stereocenters. The quantitative estimate of drug-likeness (QED) is 0.558. The summed E-state index contributed by atoms with van der Waals surface area (Å²) in [6, 6.07) is 0. The fourth-order valence-corrected chi connectivity index (χ4v) is 1.50. The summed E-state index contributed by atoms with van der Waals surface area (Å²) in [6.07, 6.45) is 0. The summed E-state index contributed by atoms with van der Waals surface area (Å²) in [4.78, 5) is 0. The Labute approximate surface area is 78.9 Å². The standard InChI is InChI=1S/C5H14O2Si2.Zr/c1-8-6-5-7-9(2,3)4;/h5H2,1-4H3;/q;+2. The van der Waals surface area contributed by atoms with Crippen LogP contribution in [0.25, 0.3) is 0 Å². The van der Waals surface area contributed by atoms with Crippen LogP contribution in [0.15, 0.2) is 0 Å². The molecule has 10 heavy (non-hydrogen) atoms. The average Bonchev–Trinajstić information content (AvgIpc) is 1.59. The first-order valence-corrected chi connectivity index (χ1v) is 12.2.